The van der Waals surface area contributed by atoms with Gasteiger partial charge in [0.2, 0.25) is 5.91 Å². The van der Waals surface area contributed by atoms with Crippen molar-refractivity contribution in [3.8, 4) is 0 Å². The number of ketones is 1. The summed E-state index contributed by atoms with van der Waals surface area (Å²) < 4.78 is 38.6. The number of hydrazine groups is 1. The topological polar surface area (TPSA) is 58.2 Å². The molecule has 7 heteroatoms. The summed E-state index contributed by atoms with van der Waals surface area (Å²) in [5.74, 6) is -0.765. The van der Waals surface area contributed by atoms with Crippen molar-refractivity contribution in [2.24, 2.45) is 0 Å². The van der Waals surface area contributed by atoms with Gasteiger partial charge in [-0.15, -0.1) is 0 Å². The molecule has 1 amide bonds. The molecule has 2 aromatic carbocycles. The minimum Gasteiger partial charge on any atom is -0.298 e. The monoisotopic (exact) mass is 364 g/mol. The Kier molecular flexibility index (Phi) is 6.38. The third-order valence-corrected chi connectivity index (χ3v) is 3.83. The number of hydrogen-bond acceptors (Lipinski definition) is 3. The van der Waals surface area contributed by atoms with Crippen LogP contribution in [0.15, 0.2) is 48.5 Å². The average molecular weight is 364 g/mol. The predicted octanol–water partition coefficient (Wildman–Crippen LogP) is 4.37. The van der Waals surface area contributed by atoms with Gasteiger partial charge in [0, 0.05) is 18.4 Å². The van der Waals surface area contributed by atoms with Crippen LogP contribution in [0, 0.1) is 0 Å². The molecular weight excluding hydrogens is 345 g/mol. The lowest BCUT2D eigenvalue weighted by Gasteiger charge is -2.14. The lowest BCUT2D eigenvalue weighted by molar-refractivity contribution is -0.137. The molecule has 0 atom stereocenters. The molecule has 26 heavy (non-hydrogen) atoms. The summed E-state index contributed by atoms with van der Waals surface area (Å²) in [5.41, 5.74) is 4.93. The first-order chi connectivity index (χ1) is 12.3. The molecule has 0 aliphatic heterocycles. The SMILES string of the molecule is CCc1ccc(C(=O)CCC(=O)NNc2ccccc2C(F)(F)F)cc1. The molecule has 0 aliphatic rings. The third kappa shape index (κ3) is 5.34. The fourth-order valence-electron chi connectivity index (χ4n) is 2.34. The van der Waals surface area contributed by atoms with E-state index < -0.39 is 17.6 Å². The highest BCUT2D eigenvalue weighted by Gasteiger charge is 2.33. The minimum absolute atomic E-state index is 0.0279. The van der Waals surface area contributed by atoms with E-state index in [1.54, 1.807) is 12.1 Å². The van der Waals surface area contributed by atoms with E-state index >= 15 is 0 Å². The van der Waals surface area contributed by atoms with Gasteiger partial charge >= 0.3 is 6.18 Å². The Hall–Kier alpha value is -2.83. The molecule has 0 fully saturated rings. The van der Waals surface area contributed by atoms with Crippen LogP contribution in [-0.4, -0.2) is 11.7 Å². The number of carbonyl (C=O) groups excluding carboxylic acids is 2. The molecular formula is C19H19F3N2O2. The van der Waals surface area contributed by atoms with Gasteiger partial charge in [0.1, 0.15) is 0 Å². The van der Waals surface area contributed by atoms with E-state index in [2.05, 4.69) is 10.9 Å². The van der Waals surface area contributed by atoms with Crippen LogP contribution in [0.4, 0.5) is 18.9 Å². The molecule has 4 nitrogen and oxygen atoms in total. The molecule has 2 rings (SSSR count). The maximum Gasteiger partial charge on any atom is 0.418 e. The zero-order valence-electron chi connectivity index (χ0n) is 14.2. The lowest BCUT2D eigenvalue weighted by Crippen LogP contribution is -2.30. The van der Waals surface area contributed by atoms with Crippen molar-refractivity contribution in [1.29, 1.82) is 0 Å². The van der Waals surface area contributed by atoms with Gasteiger partial charge in [0.05, 0.1) is 11.3 Å². The Morgan fingerprint density at radius 2 is 1.62 bits per heavy atom. The molecule has 0 spiro atoms. The number of para-hydroxylation sites is 1. The number of anilines is 1. The van der Waals surface area contributed by atoms with Crippen LogP contribution in [0.1, 0.15) is 41.3 Å². The number of hydrogen-bond donors (Lipinski definition) is 2. The molecule has 2 aromatic rings. The molecule has 0 aromatic heterocycles. The van der Waals surface area contributed by atoms with Crippen LogP contribution in [0.25, 0.3) is 0 Å². The minimum atomic E-state index is -4.53. The molecule has 0 unspecified atom stereocenters. The van der Waals surface area contributed by atoms with Gasteiger partial charge in [-0.1, -0.05) is 43.3 Å². The number of nitrogens with one attached hydrogen (secondary N) is 2. The fraction of sp³-hybridized carbons (Fsp3) is 0.263. The van der Waals surface area contributed by atoms with Crippen LogP contribution in [0.3, 0.4) is 0 Å². The van der Waals surface area contributed by atoms with Crippen LogP contribution in [-0.2, 0) is 17.4 Å². The Morgan fingerprint density at radius 1 is 0.962 bits per heavy atom. The van der Waals surface area contributed by atoms with Crippen LogP contribution in [0.2, 0.25) is 0 Å². The highest BCUT2D eigenvalue weighted by Crippen LogP contribution is 2.34. The van der Waals surface area contributed by atoms with Crippen molar-refractivity contribution >= 4 is 17.4 Å². The quantitative estimate of drug-likeness (QED) is 0.566. The highest BCUT2D eigenvalue weighted by atomic mass is 19.4. The van der Waals surface area contributed by atoms with Gasteiger partial charge in [-0.3, -0.25) is 20.4 Å². The van der Waals surface area contributed by atoms with Crippen LogP contribution in [0.5, 0.6) is 0 Å². The van der Waals surface area contributed by atoms with Crippen molar-refractivity contribution in [2.75, 3.05) is 5.43 Å². The highest BCUT2D eigenvalue weighted by molar-refractivity contribution is 5.98. The number of halogens is 3. The number of rotatable bonds is 7. The van der Waals surface area contributed by atoms with Crippen molar-refractivity contribution < 1.29 is 22.8 Å². The number of alkyl halides is 3. The maximum atomic E-state index is 12.9. The molecule has 0 saturated carbocycles. The van der Waals surface area contributed by atoms with E-state index in [0.717, 1.165) is 18.1 Å². The fourth-order valence-corrected chi connectivity index (χ4v) is 2.34. The third-order valence-electron chi connectivity index (χ3n) is 3.83. The standard InChI is InChI=1S/C19H19F3N2O2/c1-2-13-7-9-14(10-8-13)17(25)11-12-18(26)24-23-16-6-4-3-5-15(16)19(20,21)22/h3-10,23H,2,11-12H2,1H3,(H,24,26). The smallest absolute Gasteiger partial charge is 0.298 e. The number of benzene rings is 2. The number of carbonyl (C=O) groups is 2. The van der Waals surface area contributed by atoms with E-state index in [9.17, 15) is 22.8 Å². The summed E-state index contributed by atoms with van der Waals surface area (Å²) in [5, 5.41) is 0. The first-order valence-corrected chi connectivity index (χ1v) is 8.14. The van der Waals surface area contributed by atoms with Gasteiger partial charge in [0.15, 0.2) is 5.78 Å². The number of aryl methyl sites for hydroxylation is 1. The van der Waals surface area contributed by atoms with Crippen LogP contribution >= 0.6 is 0 Å². The van der Waals surface area contributed by atoms with E-state index in [1.807, 2.05) is 19.1 Å². The number of Topliss-reactive ketones (excluding diaryl/α,β-unsaturated/α-hetero) is 1. The number of amides is 1. The van der Waals surface area contributed by atoms with E-state index in [-0.39, 0.29) is 24.3 Å². The van der Waals surface area contributed by atoms with E-state index in [1.165, 1.54) is 18.2 Å². The zero-order chi connectivity index (χ0) is 19.2. The Morgan fingerprint density at radius 3 is 2.23 bits per heavy atom. The Bertz CT molecular complexity index is 771. The van der Waals surface area contributed by atoms with Crippen molar-refractivity contribution in [3.63, 3.8) is 0 Å². The van der Waals surface area contributed by atoms with Gasteiger partial charge in [-0.25, -0.2) is 0 Å². The van der Waals surface area contributed by atoms with Crippen LogP contribution < -0.4 is 10.9 Å². The van der Waals surface area contributed by atoms with Gasteiger partial charge < -0.3 is 0 Å². The predicted molar refractivity (Wildman–Crippen MR) is 92.6 cm³/mol. The Balaban J connectivity index is 1.87. The summed E-state index contributed by atoms with van der Waals surface area (Å²) >= 11 is 0. The van der Waals surface area contributed by atoms with Gasteiger partial charge in [0.25, 0.3) is 0 Å². The molecule has 0 bridgehead atoms. The van der Waals surface area contributed by atoms with Gasteiger partial charge in [-0.05, 0) is 24.1 Å². The first kappa shape index (κ1) is 19.5. The summed E-state index contributed by atoms with van der Waals surface area (Å²) in [6.07, 6.45) is -3.83. The second kappa shape index (κ2) is 8.51. The van der Waals surface area contributed by atoms with E-state index in [4.69, 9.17) is 0 Å². The molecule has 0 heterocycles. The van der Waals surface area contributed by atoms with E-state index in [0.29, 0.717) is 5.56 Å². The second-order valence-corrected chi connectivity index (χ2v) is 5.69. The normalized spacial score (nSPS) is 11.1. The van der Waals surface area contributed by atoms with Crippen molar-refractivity contribution in [3.05, 3.63) is 65.2 Å². The molecule has 138 valence electrons. The maximum absolute atomic E-state index is 12.9. The van der Waals surface area contributed by atoms with Crippen molar-refractivity contribution in [2.45, 2.75) is 32.4 Å². The first-order valence-electron chi connectivity index (χ1n) is 8.14. The molecule has 0 saturated heterocycles. The summed E-state index contributed by atoms with van der Waals surface area (Å²) in [4.78, 5) is 23.9. The molecule has 0 aliphatic carbocycles. The summed E-state index contributed by atoms with van der Waals surface area (Å²) in [6, 6.07) is 11.9. The summed E-state index contributed by atoms with van der Waals surface area (Å²) in [6.45, 7) is 2.01. The largest absolute Gasteiger partial charge is 0.418 e. The average Bonchev–Trinajstić information content (AvgIpc) is 2.64. The zero-order valence-corrected chi connectivity index (χ0v) is 14.2. The second-order valence-electron chi connectivity index (χ2n) is 5.69. The summed E-state index contributed by atoms with van der Waals surface area (Å²) in [7, 11) is 0. The van der Waals surface area contributed by atoms with Crippen molar-refractivity contribution in [1.82, 2.24) is 5.43 Å². The molecule has 0 radical (unpaired) electrons. The van der Waals surface area contributed by atoms with Gasteiger partial charge in [-0.2, -0.15) is 13.2 Å². The molecule has 2 N–H and O–H groups in total. The Labute approximate surface area is 149 Å². The lowest BCUT2D eigenvalue weighted by atomic mass is 10.0.